The van der Waals surface area contributed by atoms with Crippen LogP contribution in [0.4, 0.5) is 0 Å². The number of hydrogen-bond donors (Lipinski definition) is 1. The standard InChI is InChI=1S/C13H17ClN4/c1-3-15-7-11-5-4-6-16-13(11)9-18-8-12(14)10(2)17-18/h4-6,8,15H,3,7,9H2,1-2H3. The van der Waals surface area contributed by atoms with Gasteiger partial charge in [0.05, 0.1) is 23.0 Å². The number of aryl methyl sites for hydroxylation is 1. The predicted molar refractivity (Wildman–Crippen MR) is 72.7 cm³/mol. The third kappa shape index (κ3) is 3.09. The van der Waals surface area contributed by atoms with Crippen LogP contribution in [-0.4, -0.2) is 21.3 Å². The largest absolute Gasteiger partial charge is 0.313 e. The van der Waals surface area contributed by atoms with E-state index in [1.807, 2.05) is 30.1 Å². The fraction of sp³-hybridized carbons (Fsp3) is 0.385. The van der Waals surface area contributed by atoms with Gasteiger partial charge in [-0.2, -0.15) is 5.10 Å². The summed E-state index contributed by atoms with van der Waals surface area (Å²) in [6.45, 7) is 6.41. The van der Waals surface area contributed by atoms with E-state index in [9.17, 15) is 0 Å². The molecular formula is C13H17ClN4. The summed E-state index contributed by atoms with van der Waals surface area (Å²) in [6, 6.07) is 4.04. The second-order valence-corrected chi connectivity index (χ2v) is 4.56. The molecule has 0 saturated heterocycles. The molecule has 18 heavy (non-hydrogen) atoms. The Balaban J connectivity index is 2.17. The smallest absolute Gasteiger partial charge is 0.0835 e. The van der Waals surface area contributed by atoms with Gasteiger partial charge in [0.25, 0.3) is 0 Å². The highest BCUT2D eigenvalue weighted by atomic mass is 35.5. The molecule has 0 aromatic carbocycles. The van der Waals surface area contributed by atoms with Crippen molar-refractivity contribution in [1.82, 2.24) is 20.1 Å². The molecule has 0 aliphatic heterocycles. The molecule has 5 heteroatoms. The average Bonchev–Trinajstić information content (AvgIpc) is 2.67. The first kappa shape index (κ1) is 13.1. The molecule has 0 bridgehead atoms. The maximum Gasteiger partial charge on any atom is 0.0835 e. The van der Waals surface area contributed by atoms with Crippen LogP contribution in [0.1, 0.15) is 23.9 Å². The van der Waals surface area contributed by atoms with Crippen molar-refractivity contribution in [3.8, 4) is 0 Å². The molecular weight excluding hydrogens is 248 g/mol. The van der Waals surface area contributed by atoms with Crippen molar-refractivity contribution in [3.63, 3.8) is 0 Å². The average molecular weight is 265 g/mol. The van der Waals surface area contributed by atoms with E-state index < -0.39 is 0 Å². The Kier molecular flexibility index (Phi) is 4.33. The summed E-state index contributed by atoms with van der Waals surface area (Å²) in [4.78, 5) is 4.42. The third-order valence-electron chi connectivity index (χ3n) is 2.75. The normalized spacial score (nSPS) is 10.8. The molecule has 2 aromatic rings. The lowest BCUT2D eigenvalue weighted by molar-refractivity contribution is 0.646. The first-order chi connectivity index (χ1) is 8.70. The second kappa shape index (κ2) is 5.98. The molecule has 0 aliphatic rings. The van der Waals surface area contributed by atoms with Gasteiger partial charge in [-0.3, -0.25) is 9.67 Å². The molecule has 0 unspecified atom stereocenters. The molecule has 96 valence electrons. The van der Waals surface area contributed by atoms with Crippen molar-refractivity contribution < 1.29 is 0 Å². The van der Waals surface area contributed by atoms with Gasteiger partial charge in [-0.15, -0.1) is 0 Å². The Morgan fingerprint density at radius 3 is 2.94 bits per heavy atom. The summed E-state index contributed by atoms with van der Waals surface area (Å²) >= 11 is 6.00. The van der Waals surface area contributed by atoms with Gasteiger partial charge in [-0.25, -0.2) is 0 Å². The molecule has 2 rings (SSSR count). The van der Waals surface area contributed by atoms with Gasteiger partial charge in [-0.05, 0) is 25.1 Å². The molecule has 1 N–H and O–H groups in total. The molecule has 0 atom stereocenters. The van der Waals surface area contributed by atoms with Gasteiger partial charge in [-0.1, -0.05) is 24.6 Å². The Hall–Kier alpha value is -1.39. The predicted octanol–water partition coefficient (Wildman–Crippen LogP) is 2.40. The zero-order chi connectivity index (χ0) is 13.0. The van der Waals surface area contributed by atoms with Crippen LogP contribution in [0.5, 0.6) is 0 Å². The Morgan fingerprint density at radius 1 is 1.44 bits per heavy atom. The van der Waals surface area contributed by atoms with Crippen LogP contribution >= 0.6 is 11.6 Å². The Morgan fingerprint density at radius 2 is 2.28 bits per heavy atom. The van der Waals surface area contributed by atoms with Crippen LogP contribution in [0.3, 0.4) is 0 Å². The van der Waals surface area contributed by atoms with E-state index in [1.165, 1.54) is 5.56 Å². The number of nitrogens with one attached hydrogen (secondary N) is 1. The minimum Gasteiger partial charge on any atom is -0.313 e. The SMILES string of the molecule is CCNCc1cccnc1Cn1cc(Cl)c(C)n1. The minimum absolute atomic E-state index is 0.648. The molecule has 2 heterocycles. The van der Waals surface area contributed by atoms with Gasteiger partial charge >= 0.3 is 0 Å². The molecule has 2 aromatic heterocycles. The van der Waals surface area contributed by atoms with Crippen molar-refractivity contribution in [2.45, 2.75) is 26.9 Å². The lowest BCUT2D eigenvalue weighted by Crippen LogP contribution is -2.15. The molecule has 0 spiro atoms. The van der Waals surface area contributed by atoms with Gasteiger partial charge in [0.15, 0.2) is 0 Å². The Labute approximate surface area is 112 Å². The molecule has 0 fully saturated rings. The van der Waals surface area contributed by atoms with Crippen LogP contribution in [-0.2, 0) is 13.1 Å². The van der Waals surface area contributed by atoms with Gasteiger partial charge < -0.3 is 5.32 Å². The van der Waals surface area contributed by atoms with Crippen molar-refractivity contribution in [1.29, 1.82) is 0 Å². The second-order valence-electron chi connectivity index (χ2n) is 4.15. The summed E-state index contributed by atoms with van der Waals surface area (Å²) in [5, 5.41) is 8.36. The molecule has 0 amide bonds. The summed E-state index contributed by atoms with van der Waals surface area (Å²) in [6.07, 6.45) is 3.64. The van der Waals surface area contributed by atoms with Crippen LogP contribution < -0.4 is 5.32 Å². The quantitative estimate of drug-likeness (QED) is 0.902. The zero-order valence-corrected chi connectivity index (χ0v) is 11.4. The lowest BCUT2D eigenvalue weighted by Gasteiger charge is -2.08. The minimum atomic E-state index is 0.648. The van der Waals surface area contributed by atoms with E-state index in [0.717, 1.165) is 24.5 Å². The van der Waals surface area contributed by atoms with Crippen molar-refractivity contribution in [3.05, 3.63) is 46.5 Å². The summed E-state index contributed by atoms with van der Waals surface area (Å²) in [5.74, 6) is 0. The van der Waals surface area contributed by atoms with Gasteiger partial charge in [0, 0.05) is 18.9 Å². The number of pyridine rings is 1. The third-order valence-corrected chi connectivity index (χ3v) is 3.12. The van der Waals surface area contributed by atoms with Crippen molar-refractivity contribution >= 4 is 11.6 Å². The van der Waals surface area contributed by atoms with Gasteiger partial charge in [0.1, 0.15) is 0 Å². The zero-order valence-electron chi connectivity index (χ0n) is 10.7. The highest BCUT2D eigenvalue weighted by Gasteiger charge is 2.06. The van der Waals surface area contributed by atoms with E-state index in [2.05, 4.69) is 28.4 Å². The maximum absolute atomic E-state index is 6.00. The van der Waals surface area contributed by atoms with E-state index in [-0.39, 0.29) is 0 Å². The molecule has 0 saturated carbocycles. The molecule has 0 radical (unpaired) electrons. The number of rotatable bonds is 5. The number of halogens is 1. The number of nitrogens with zero attached hydrogens (tertiary/aromatic N) is 3. The van der Waals surface area contributed by atoms with Crippen LogP contribution in [0.2, 0.25) is 5.02 Å². The van der Waals surface area contributed by atoms with Crippen LogP contribution in [0.25, 0.3) is 0 Å². The monoisotopic (exact) mass is 264 g/mol. The number of aromatic nitrogens is 3. The van der Waals surface area contributed by atoms with Crippen LogP contribution in [0.15, 0.2) is 24.5 Å². The fourth-order valence-electron chi connectivity index (χ4n) is 1.76. The first-order valence-electron chi connectivity index (χ1n) is 6.03. The highest BCUT2D eigenvalue weighted by Crippen LogP contribution is 2.14. The topological polar surface area (TPSA) is 42.7 Å². The summed E-state index contributed by atoms with van der Waals surface area (Å²) < 4.78 is 1.83. The first-order valence-corrected chi connectivity index (χ1v) is 6.41. The highest BCUT2D eigenvalue weighted by molar-refractivity contribution is 6.31. The van der Waals surface area contributed by atoms with Crippen molar-refractivity contribution in [2.75, 3.05) is 6.54 Å². The Bertz CT molecular complexity index is 502. The fourth-order valence-corrected chi connectivity index (χ4v) is 1.91. The summed E-state index contributed by atoms with van der Waals surface area (Å²) in [5.41, 5.74) is 3.07. The van der Waals surface area contributed by atoms with E-state index >= 15 is 0 Å². The molecule has 4 nitrogen and oxygen atoms in total. The maximum atomic E-state index is 6.00. The van der Waals surface area contributed by atoms with Gasteiger partial charge in [0.2, 0.25) is 0 Å². The van der Waals surface area contributed by atoms with E-state index in [0.29, 0.717) is 11.6 Å². The lowest BCUT2D eigenvalue weighted by atomic mass is 10.2. The molecule has 0 aliphatic carbocycles. The number of hydrogen-bond acceptors (Lipinski definition) is 3. The van der Waals surface area contributed by atoms with Crippen molar-refractivity contribution in [2.24, 2.45) is 0 Å². The summed E-state index contributed by atoms with van der Waals surface area (Å²) in [7, 11) is 0. The van der Waals surface area contributed by atoms with Crippen LogP contribution in [0, 0.1) is 6.92 Å². The van der Waals surface area contributed by atoms with E-state index in [4.69, 9.17) is 11.6 Å². The van der Waals surface area contributed by atoms with E-state index in [1.54, 1.807) is 0 Å².